The summed E-state index contributed by atoms with van der Waals surface area (Å²) in [5, 5.41) is 0. The summed E-state index contributed by atoms with van der Waals surface area (Å²) in [4.78, 5) is 0. The van der Waals surface area contributed by atoms with Gasteiger partial charge in [-0.25, -0.2) is 0 Å². The first-order chi connectivity index (χ1) is 8.01. The van der Waals surface area contributed by atoms with Crippen molar-refractivity contribution >= 4 is 6.08 Å². The fraction of sp³-hybridized carbons (Fsp3) is 0.467. The first-order valence-electron chi connectivity index (χ1n) is 6.12. The van der Waals surface area contributed by atoms with E-state index >= 15 is 0 Å². The molecule has 0 radical (unpaired) electrons. The highest BCUT2D eigenvalue weighted by Gasteiger charge is 2.03. The van der Waals surface area contributed by atoms with Crippen LogP contribution < -0.4 is 4.74 Å². The summed E-state index contributed by atoms with van der Waals surface area (Å²) >= 11 is 0. The van der Waals surface area contributed by atoms with Crippen molar-refractivity contribution < 1.29 is 9.22 Å². The van der Waals surface area contributed by atoms with Crippen molar-refractivity contribution in [1.29, 1.82) is 0 Å². The number of benzene rings is 1. The molecule has 2 nitrogen and oxygen atoms in total. The number of ether oxygens (including phenoxy) is 1. The van der Waals surface area contributed by atoms with E-state index in [4.69, 9.17) is 4.74 Å². The lowest BCUT2D eigenvalue weighted by molar-refractivity contribution is -0.870. The van der Waals surface area contributed by atoms with Gasteiger partial charge in [-0.15, -0.1) is 0 Å². The first kappa shape index (κ1) is 13.8. The number of methoxy groups -OCH3 is 1. The molecule has 0 unspecified atom stereocenters. The van der Waals surface area contributed by atoms with E-state index in [1.165, 1.54) is 18.5 Å². The second-order valence-electron chi connectivity index (χ2n) is 5.33. The van der Waals surface area contributed by atoms with Crippen LogP contribution in [0.1, 0.15) is 18.4 Å². The van der Waals surface area contributed by atoms with E-state index in [1.807, 2.05) is 12.1 Å². The van der Waals surface area contributed by atoms with Gasteiger partial charge in [-0.2, -0.15) is 0 Å². The van der Waals surface area contributed by atoms with Gasteiger partial charge in [0.15, 0.2) is 0 Å². The quantitative estimate of drug-likeness (QED) is 0.542. The second kappa shape index (κ2) is 6.45. The van der Waals surface area contributed by atoms with Gasteiger partial charge in [0.1, 0.15) is 5.75 Å². The van der Waals surface area contributed by atoms with Crippen LogP contribution in [0, 0.1) is 0 Å². The molecule has 0 saturated carbocycles. The molecule has 17 heavy (non-hydrogen) atoms. The smallest absolute Gasteiger partial charge is 0.118 e. The molecule has 1 aromatic carbocycles. The van der Waals surface area contributed by atoms with E-state index in [2.05, 4.69) is 45.4 Å². The number of allylic oxidation sites excluding steroid dienone is 1. The predicted molar refractivity (Wildman–Crippen MR) is 74.2 cm³/mol. The summed E-state index contributed by atoms with van der Waals surface area (Å²) in [5.41, 5.74) is 1.23. The Balaban J connectivity index is 2.33. The third-order valence-electron chi connectivity index (χ3n) is 2.63. The zero-order chi connectivity index (χ0) is 12.7. The van der Waals surface area contributed by atoms with E-state index < -0.39 is 0 Å². The second-order valence-corrected chi connectivity index (χ2v) is 5.33. The fourth-order valence-electron chi connectivity index (χ4n) is 1.62. The SMILES string of the molecule is COc1ccc(/C=C/CCC[N+](C)(C)C)cc1. The summed E-state index contributed by atoms with van der Waals surface area (Å²) in [7, 11) is 8.38. The van der Waals surface area contributed by atoms with E-state index in [-0.39, 0.29) is 0 Å². The van der Waals surface area contributed by atoms with Gasteiger partial charge in [-0.05, 0) is 30.5 Å². The van der Waals surface area contributed by atoms with Gasteiger partial charge in [0, 0.05) is 0 Å². The van der Waals surface area contributed by atoms with Gasteiger partial charge >= 0.3 is 0 Å². The van der Waals surface area contributed by atoms with Gasteiger partial charge in [-0.1, -0.05) is 24.3 Å². The maximum atomic E-state index is 5.12. The minimum absolute atomic E-state index is 0.909. The van der Waals surface area contributed by atoms with Crippen LogP contribution in [0.25, 0.3) is 6.08 Å². The summed E-state index contributed by atoms with van der Waals surface area (Å²) in [6.45, 7) is 1.22. The summed E-state index contributed by atoms with van der Waals surface area (Å²) in [6, 6.07) is 8.14. The Bertz CT molecular complexity index is 346. The Morgan fingerprint density at radius 3 is 2.29 bits per heavy atom. The maximum absolute atomic E-state index is 5.12. The molecular formula is C15H24NO+. The lowest BCUT2D eigenvalue weighted by Gasteiger charge is -2.23. The highest BCUT2D eigenvalue weighted by molar-refractivity contribution is 5.50. The number of nitrogens with zero attached hydrogens (tertiary/aromatic N) is 1. The molecule has 0 atom stereocenters. The molecule has 0 aromatic heterocycles. The molecule has 0 bridgehead atoms. The van der Waals surface area contributed by atoms with Crippen molar-refractivity contribution in [1.82, 2.24) is 0 Å². The van der Waals surface area contributed by atoms with E-state index in [9.17, 15) is 0 Å². The number of hydrogen-bond acceptors (Lipinski definition) is 1. The normalized spacial score (nSPS) is 12.0. The summed E-state index contributed by atoms with van der Waals surface area (Å²) in [5.74, 6) is 0.909. The lowest BCUT2D eigenvalue weighted by atomic mass is 10.2. The maximum Gasteiger partial charge on any atom is 0.118 e. The summed E-state index contributed by atoms with van der Waals surface area (Å²) in [6.07, 6.45) is 6.80. The largest absolute Gasteiger partial charge is 0.497 e. The average Bonchev–Trinajstić information content (AvgIpc) is 2.28. The molecule has 0 saturated heterocycles. The van der Waals surface area contributed by atoms with Crippen molar-refractivity contribution in [3.05, 3.63) is 35.9 Å². The molecule has 0 N–H and O–H groups in total. The van der Waals surface area contributed by atoms with Gasteiger partial charge < -0.3 is 9.22 Å². The standard InChI is InChI=1S/C15H24NO/c1-16(2,3)13-7-5-6-8-14-9-11-15(17-4)12-10-14/h6,8-12H,5,7,13H2,1-4H3/q+1/b8-6+. The fourth-order valence-corrected chi connectivity index (χ4v) is 1.62. The monoisotopic (exact) mass is 234 g/mol. The number of unbranched alkanes of at least 4 members (excludes halogenated alkanes) is 1. The zero-order valence-electron chi connectivity index (χ0n) is 11.4. The number of hydrogen-bond donors (Lipinski definition) is 0. The topological polar surface area (TPSA) is 9.23 Å². The lowest BCUT2D eigenvalue weighted by Crippen LogP contribution is -2.35. The summed E-state index contributed by atoms with van der Waals surface area (Å²) < 4.78 is 6.16. The van der Waals surface area contributed by atoms with E-state index in [0.29, 0.717) is 0 Å². The minimum atomic E-state index is 0.909. The molecule has 0 aliphatic heterocycles. The van der Waals surface area contributed by atoms with Crippen molar-refractivity contribution in [3.63, 3.8) is 0 Å². The Morgan fingerprint density at radius 1 is 1.12 bits per heavy atom. The van der Waals surface area contributed by atoms with Crippen LogP contribution in [0.15, 0.2) is 30.3 Å². The predicted octanol–water partition coefficient (Wildman–Crippen LogP) is 3.19. The molecule has 0 fully saturated rings. The number of rotatable bonds is 6. The van der Waals surface area contributed by atoms with Crippen LogP contribution in [0.3, 0.4) is 0 Å². The van der Waals surface area contributed by atoms with Crippen LogP contribution in [-0.2, 0) is 0 Å². The molecule has 0 spiro atoms. The molecule has 0 heterocycles. The highest BCUT2D eigenvalue weighted by atomic mass is 16.5. The Labute approximate surface area is 105 Å². The molecule has 1 rings (SSSR count). The zero-order valence-corrected chi connectivity index (χ0v) is 11.4. The van der Waals surface area contributed by atoms with Crippen molar-refractivity contribution in [3.8, 4) is 5.75 Å². The molecule has 2 heteroatoms. The van der Waals surface area contributed by atoms with Crippen LogP contribution in [0.5, 0.6) is 5.75 Å². The molecule has 1 aromatic rings. The third-order valence-corrected chi connectivity index (χ3v) is 2.63. The van der Waals surface area contributed by atoms with Gasteiger partial charge in [0.05, 0.1) is 34.8 Å². The molecule has 0 amide bonds. The third kappa shape index (κ3) is 6.12. The molecule has 94 valence electrons. The van der Waals surface area contributed by atoms with Crippen molar-refractivity contribution in [2.75, 3.05) is 34.8 Å². The van der Waals surface area contributed by atoms with E-state index in [1.54, 1.807) is 7.11 Å². The van der Waals surface area contributed by atoms with Crippen LogP contribution in [0.2, 0.25) is 0 Å². The van der Waals surface area contributed by atoms with Crippen molar-refractivity contribution in [2.45, 2.75) is 12.8 Å². The van der Waals surface area contributed by atoms with Gasteiger partial charge in [0.2, 0.25) is 0 Å². The Kier molecular flexibility index (Phi) is 5.23. The van der Waals surface area contributed by atoms with Crippen LogP contribution in [-0.4, -0.2) is 39.3 Å². The highest BCUT2D eigenvalue weighted by Crippen LogP contribution is 2.12. The average molecular weight is 234 g/mol. The molecular weight excluding hydrogens is 210 g/mol. The number of quaternary nitrogens is 1. The van der Waals surface area contributed by atoms with Crippen LogP contribution >= 0.6 is 0 Å². The Hall–Kier alpha value is -1.28. The van der Waals surface area contributed by atoms with Crippen molar-refractivity contribution in [2.24, 2.45) is 0 Å². The molecule has 0 aliphatic rings. The van der Waals surface area contributed by atoms with Crippen LogP contribution in [0.4, 0.5) is 0 Å². The van der Waals surface area contributed by atoms with E-state index in [0.717, 1.165) is 16.7 Å². The van der Waals surface area contributed by atoms with Gasteiger partial charge in [-0.3, -0.25) is 0 Å². The first-order valence-corrected chi connectivity index (χ1v) is 6.12. The molecule has 0 aliphatic carbocycles. The minimum Gasteiger partial charge on any atom is -0.497 e. The Morgan fingerprint density at radius 2 is 1.76 bits per heavy atom. The van der Waals surface area contributed by atoms with Gasteiger partial charge in [0.25, 0.3) is 0 Å².